The Hall–Kier alpha value is -1.65. The number of sulfonamides is 1. The molecule has 0 radical (unpaired) electrons. The standard InChI is InChI=1S/C14H18F3N3O3S/c15-14(16,17)8-19-13(21)10-2-1-3-11(6-10)24(22,23)20-12(7-18)9-4-5-9/h1-3,6,9,12,20H,4-5,7-8,18H2,(H,19,21). The molecule has 24 heavy (non-hydrogen) atoms. The van der Waals surface area contributed by atoms with Crippen LogP contribution in [0.15, 0.2) is 29.2 Å². The zero-order valence-electron chi connectivity index (χ0n) is 12.6. The Morgan fingerprint density at radius 3 is 2.54 bits per heavy atom. The van der Waals surface area contributed by atoms with E-state index in [0.717, 1.165) is 18.9 Å². The molecule has 4 N–H and O–H groups in total. The fourth-order valence-corrected chi connectivity index (χ4v) is 3.55. The van der Waals surface area contributed by atoms with Crippen molar-refractivity contribution in [1.29, 1.82) is 0 Å². The largest absolute Gasteiger partial charge is 0.405 e. The lowest BCUT2D eigenvalue weighted by Crippen LogP contribution is -2.41. The fraction of sp³-hybridized carbons (Fsp3) is 0.500. The van der Waals surface area contributed by atoms with Crippen LogP contribution in [-0.4, -0.2) is 39.6 Å². The van der Waals surface area contributed by atoms with E-state index in [2.05, 4.69) is 4.72 Å². The summed E-state index contributed by atoms with van der Waals surface area (Å²) in [6, 6.07) is 4.45. The summed E-state index contributed by atoms with van der Waals surface area (Å²) in [5.41, 5.74) is 5.39. The van der Waals surface area contributed by atoms with Crippen LogP contribution in [0.25, 0.3) is 0 Å². The Balaban J connectivity index is 2.12. The van der Waals surface area contributed by atoms with Crippen molar-refractivity contribution >= 4 is 15.9 Å². The van der Waals surface area contributed by atoms with Gasteiger partial charge in [0.1, 0.15) is 6.54 Å². The first-order valence-corrected chi connectivity index (χ1v) is 8.78. The average molecular weight is 365 g/mol. The van der Waals surface area contributed by atoms with Crippen LogP contribution in [0.2, 0.25) is 0 Å². The molecule has 1 atom stereocenters. The molecule has 1 unspecified atom stereocenters. The smallest absolute Gasteiger partial charge is 0.343 e. The number of benzene rings is 1. The molecular formula is C14H18F3N3O3S. The Morgan fingerprint density at radius 1 is 1.33 bits per heavy atom. The number of nitrogens with two attached hydrogens (primary N) is 1. The van der Waals surface area contributed by atoms with Crippen molar-refractivity contribution in [3.63, 3.8) is 0 Å². The number of halogens is 3. The summed E-state index contributed by atoms with van der Waals surface area (Å²) in [5, 5.41) is 1.70. The van der Waals surface area contributed by atoms with Crippen LogP contribution in [0.5, 0.6) is 0 Å². The van der Waals surface area contributed by atoms with Crippen LogP contribution < -0.4 is 15.8 Å². The van der Waals surface area contributed by atoms with Crippen molar-refractivity contribution < 1.29 is 26.4 Å². The summed E-state index contributed by atoms with van der Waals surface area (Å²) in [5.74, 6) is -0.801. The summed E-state index contributed by atoms with van der Waals surface area (Å²) in [6.07, 6.45) is -2.76. The summed E-state index contributed by atoms with van der Waals surface area (Å²) in [7, 11) is -3.91. The number of amides is 1. The maximum absolute atomic E-state index is 12.3. The summed E-state index contributed by atoms with van der Waals surface area (Å²) in [4.78, 5) is 11.5. The molecule has 0 aliphatic heterocycles. The summed E-state index contributed by atoms with van der Waals surface area (Å²) < 4.78 is 63.6. The highest BCUT2D eigenvalue weighted by Crippen LogP contribution is 2.32. The van der Waals surface area contributed by atoms with Crippen molar-refractivity contribution in [2.24, 2.45) is 11.7 Å². The predicted molar refractivity (Wildman–Crippen MR) is 80.7 cm³/mol. The van der Waals surface area contributed by atoms with Crippen LogP contribution in [-0.2, 0) is 10.0 Å². The van der Waals surface area contributed by atoms with Crippen molar-refractivity contribution in [2.75, 3.05) is 13.1 Å². The minimum absolute atomic E-state index is 0.148. The minimum Gasteiger partial charge on any atom is -0.343 e. The first-order chi connectivity index (χ1) is 11.1. The molecule has 1 aromatic carbocycles. The maximum Gasteiger partial charge on any atom is 0.405 e. The third-order valence-corrected chi connectivity index (χ3v) is 5.10. The molecule has 2 rings (SSSR count). The second-order valence-electron chi connectivity index (χ2n) is 5.63. The molecule has 10 heteroatoms. The average Bonchev–Trinajstić information content (AvgIpc) is 3.34. The lowest BCUT2D eigenvalue weighted by Gasteiger charge is -2.16. The molecule has 0 heterocycles. The molecule has 0 bridgehead atoms. The monoisotopic (exact) mass is 365 g/mol. The van der Waals surface area contributed by atoms with Gasteiger partial charge in [0.25, 0.3) is 5.91 Å². The van der Waals surface area contributed by atoms with E-state index >= 15 is 0 Å². The molecular weight excluding hydrogens is 347 g/mol. The van der Waals surface area contributed by atoms with E-state index in [4.69, 9.17) is 5.73 Å². The quantitative estimate of drug-likeness (QED) is 0.671. The van der Waals surface area contributed by atoms with Gasteiger partial charge in [-0.25, -0.2) is 13.1 Å². The van der Waals surface area contributed by atoms with E-state index in [1.807, 2.05) is 0 Å². The van der Waals surface area contributed by atoms with E-state index in [0.29, 0.717) is 0 Å². The summed E-state index contributed by atoms with van der Waals surface area (Å²) in [6.45, 7) is -1.34. The summed E-state index contributed by atoms with van der Waals surface area (Å²) >= 11 is 0. The zero-order chi connectivity index (χ0) is 18.0. The van der Waals surface area contributed by atoms with Gasteiger partial charge < -0.3 is 11.1 Å². The molecule has 1 aliphatic rings. The van der Waals surface area contributed by atoms with Crippen LogP contribution in [0.1, 0.15) is 23.2 Å². The van der Waals surface area contributed by atoms with E-state index < -0.39 is 34.7 Å². The second-order valence-corrected chi connectivity index (χ2v) is 7.34. The van der Waals surface area contributed by atoms with Gasteiger partial charge in [-0.15, -0.1) is 0 Å². The van der Waals surface area contributed by atoms with E-state index in [1.165, 1.54) is 18.2 Å². The topological polar surface area (TPSA) is 101 Å². The van der Waals surface area contributed by atoms with Crippen molar-refractivity contribution in [2.45, 2.75) is 30.0 Å². The molecule has 1 aliphatic carbocycles. The second kappa shape index (κ2) is 7.08. The van der Waals surface area contributed by atoms with Crippen molar-refractivity contribution in [1.82, 2.24) is 10.0 Å². The first kappa shape index (κ1) is 18.7. The van der Waals surface area contributed by atoms with Gasteiger partial charge >= 0.3 is 6.18 Å². The van der Waals surface area contributed by atoms with Gasteiger partial charge in [0.05, 0.1) is 4.90 Å². The molecule has 1 saturated carbocycles. The van der Waals surface area contributed by atoms with Gasteiger partial charge in [-0.1, -0.05) is 6.07 Å². The van der Waals surface area contributed by atoms with Crippen LogP contribution in [0, 0.1) is 5.92 Å². The van der Waals surface area contributed by atoms with E-state index in [-0.39, 0.29) is 22.9 Å². The van der Waals surface area contributed by atoms with Crippen molar-refractivity contribution in [3.05, 3.63) is 29.8 Å². The lowest BCUT2D eigenvalue weighted by atomic mass is 10.2. The van der Waals surface area contributed by atoms with Gasteiger partial charge in [0.2, 0.25) is 10.0 Å². The van der Waals surface area contributed by atoms with Crippen LogP contribution in [0.4, 0.5) is 13.2 Å². The van der Waals surface area contributed by atoms with Crippen LogP contribution in [0.3, 0.4) is 0 Å². The third kappa shape index (κ3) is 5.18. The number of alkyl halides is 3. The number of hydrogen-bond donors (Lipinski definition) is 3. The highest BCUT2D eigenvalue weighted by atomic mass is 32.2. The Morgan fingerprint density at radius 2 is 2.00 bits per heavy atom. The lowest BCUT2D eigenvalue weighted by molar-refractivity contribution is -0.123. The minimum atomic E-state index is -4.54. The van der Waals surface area contributed by atoms with E-state index in [1.54, 1.807) is 5.32 Å². The van der Waals surface area contributed by atoms with Gasteiger partial charge in [-0.05, 0) is 37.0 Å². The van der Waals surface area contributed by atoms with Gasteiger partial charge in [-0.2, -0.15) is 13.2 Å². The number of carbonyl (C=O) groups excluding carboxylic acids is 1. The normalized spacial score (nSPS) is 16.7. The number of carbonyl (C=O) groups is 1. The molecule has 1 amide bonds. The molecule has 1 aromatic rings. The zero-order valence-corrected chi connectivity index (χ0v) is 13.5. The molecule has 0 aromatic heterocycles. The highest BCUT2D eigenvalue weighted by Gasteiger charge is 2.33. The molecule has 0 spiro atoms. The number of nitrogens with one attached hydrogen (secondary N) is 2. The Bertz CT molecular complexity index is 703. The SMILES string of the molecule is NCC(NS(=O)(=O)c1cccc(C(=O)NCC(F)(F)F)c1)C1CC1. The fourth-order valence-electron chi connectivity index (χ4n) is 2.19. The molecule has 1 fully saturated rings. The Labute approximate surface area is 137 Å². The molecule has 134 valence electrons. The third-order valence-electron chi connectivity index (χ3n) is 3.61. The first-order valence-electron chi connectivity index (χ1n) is 7.30. The number of rotatable bonds is 7. The Kier molecular flexibility index (Phi) is 5.51. The number of hydrogen-bond acceptors (Lipinski definition) is 4. The van der Waals surface area contributed by atoms with Gasteiger partial charge in [-0.3, -0.25) is 4.79 Å². The predicted octanol–water partition coefficient (Wildman–Crippen LogP) is 0.994. The highest BCUT2D eigenvalue weighted by molar-refractivity contribution is 7.89. The van der Waals surface area contributed by atoms with Gasteiger partial charge in [0.15, 0.2) is 0 Å². The van der Waals surface area contributed by atoms with Crippen LogP contribution >= 0.6 is 0 Å². The van der Waals surface area contributed by atoms with Crippen molar-refractivity contribution in [3.8, 4) is 0 Å². The maximum atomic E-state index is 12.3. The molecule has 0 saturated heterocycles. The van der Waals surface area contributed by atoms with Gasteiger partial charge in [0, 0.05) is 18.2 Å². The van der Waals surface area contributed by atoms with E-state index in [9.17, 15) is 26.4 Å². The molecule has 6 nitrogen and oxygen atoms in total.